The van der Waals surface area contributed by atoms with Crippen molar-refractivity contribution < 1.29 is 29.3 Å². The fourth-order valence-electron chi connectivity index (χ4n) is 1.11. The lowest BCUT2D eigenvalue weighted by atomic mass is 10.2. The molecule has 0 fully saturated rings. The molecule has 0 saturated heterocycles. The van der Waals surface area contributed by atoms with E-state index in [1.165, 1.54) is 19.2 Å². The van der Waals surface area contributed by atoms with E-state index in [4.69, 9.17) is 9.47 Å². The van der Waals surface area contributed by atoms with Crippen molar-refractivity contribution in [1.29, 1.82) is 0 Å². The van der Waals surface area contributed by atoms with Crippen LogP contribution in [0.25, 0.3) is 0 Å². The Morgan fingerprint density at radius 3 is 2.47 bits per heavy atom. The maximum absolute atomic E-state index is 10.7. The third-order valence-corrected chi connectivity index (χ3v) is 2.39. The highest BCUT2D eigenvalue weighted by Gasteiger charge is 2.12. The van der Waals surface area contributed by atoms with E-state index in [9.17, 15) is 19.8 Å². The summed E-state index contributed by atoms with van der Waals surface area (Å²) in [7, 11) is 1.30. The molecule has 0 aromatic heterocycles. The van der Waals surface area contributed by atoms with E-state index in [1.807, 2.05) is 0 Å². The Morgan fingerprint density at radius 2 is 2.00 bits per heavy atom. The molecule has 1 rings (SSSR count). The van der Waals surface area contributed by atoms with Crippen LogP contribution in [0.3, 0.4) is 0 Å². The van der Waals surface area contributed by atoms with Crippen LogP contribution in [0.4, 0.5) is 0 Å². The summed E-state index contributed by atoms with van der Waals surface area (Å²) in [6.07, 6.45) is 0. The van der Waals surface area contributed by atoms with Crippen molar-refractivity contribution in [2.45, 2.75) is 0 Å². The summed E-state index contributed by atoms with van der Waals surface area (Å²) in [5, 5.41) is 20.9. The van der Waals surface area contributed by atoms with Gasteiger partial charge in [0.05, 0.1) is 23.5 Å². The summed E-state index contributed by atoms with van der Waals surface area (Å²) < 4.78 is 10.0. The molecule has 0 aliphatic heterocycles. The lowest BCUT2D eigenvalue weighted by molar-refractivity contribution is -0.307. The summed E-state index contributed by atoms with van der Waals surface area (Å²) in [4.78, 5) is 20.9. The molecule has 92 valence electrons. The van der Waals surface area contributed by atoms with Gasteiger partial charge in [-0.05, 0) is 28.1 Å². The second-order valence-electron chi connectivity index (χ2n) is 2.94. The number of halogens is 1. The molecule has 0 N–H and O–H groups in total. The SMILES string of the molecule is COc1cc(C(=O)[O-])cc(Br)c1OCC(=O)[O-]. The van der Waals surface area contributed by atoms with E-state index in [-0.39, 0.29) is 21.5 Å². The fourth-order valence-corrected chi connectivity index (χ4v) is 1.67. The van der Waals surface area contributed by atoms with Gasteiger partial charge < -0.3 is 29.3 Å². The predicted molar refractivity (Wildman–Crippen MR) is 55.5 cm³/mol. The smallest absolute Gasteiger partial charge is 0.175 e. The third kappa shape index (κ3) is 3.35. The number of aliphatic carboxylic acids is 1. The summed E-state index contributed by atoms with van der Waals surface area (Å²) in [5.41, 5.74) is -0.116. The Balaban J connectivity index is 3.12. The number of aromatic carboxylic acids is 1. The van der Waals surface area contributed by atoms with Crippen LogP contribution in [0.5, 0.6) is 11.5 Å². The second kappa shape index (κ2) is 5.53. The maximum Gasteiger partial charge on any atom is 0.175 e. The number of carbonyl (C=O) groups is 2. The number of carboxylic acids is 2. The molecule has 1 aromatic rings. The van der Waals surface area contributed by atoms with Crippen molar-refractivity contribution in [3.63, 3.8) is 0 Å². The Labute approximate surface area is 105 Å². The average Bonchev–Trinajstić information content (AvgIpc) is 2.25. The number of carboxylic acid groups (broad SMARTS) is 2. The molecular formula is C10H7BrO6-2. The Hall–Kier alpha value is -1.76. The summed E-state index contributed by atoms with van der Waals surface area (Å²) in [6, 6.07) is 2.40. The van der Waals surface area contributed by atoms with Gasteiger partial charge >= 0.3 is 0 Å². The van der Waals surface area contributed by atoms with Gasteiger partial charge in [-0.1, -0.05) is 0 Å². The van der Waals surface area contributed by atoms with E-state index in [0.717, 1.165) is 0 Å². The molecule has 7 heteroatoms. The van der Waals surface area contributed by atoms with Gasteiger partial charge in [-0.3, -0.25) is 0 Å². The van der Waals surface area contributed by atoms with Crippen LogP contribution >= 0.6 is 15.9 Å². The largest absolute Gasteiger partial charge is 0.546 e. The molecule has 0 atom stereocenters. The quantitative estimate of drug-likeness (QED) is 0.688. The molecular weight excluding hydrogens is 296 g/mol. The van der Waals surface area contributed by atoms with E-state index in [0.29, 0.717) is 0 Å². The molecule has 0 aliphatic rings. The van der Waals surface area contributed by atoms with Crippen LogP contribution in [0.15, 0.2) is 16.6 Å². The molecule has 6 nitrogen and oxygen atoms in total. The molecule has 0 radical (unpaired) electrons. The van der Waals surface area contributed by atoms with Gasteiger partial charge in [0, 0.05) is 5.56 Å². The fraction of sp³-hybridized carbons (Fsp3) is 0.200. The number of benzene rings is 1. The third-order valence-electron chi connectivity index (χ3n) is 1.80. The van der Waals surface area contributed by atoms with E-state index in [2.05, 4.69) is 15.9 Å². The van der Waals surface area contributed by atoms with Crippen molar-refractivity contribution in [2.75, 3.05) is 13.7 Å². The minimum Gasteiger partial charge on any atom is -0.546 e. The normalized spacial score (nSPS) is 9.76. The van der Waals surface area contributed by atoms with E-state index >= 15 is 0 Å². The highest BCUT2D eigenvalue weighted by molar-refractivity contribution is 9.10. The first-order chi connectivity index (χ1) is 7.95. The van der Waals surface area contributed by atoms with Crippen LogP contribution in [-0.4, -0.2) is 25.7 Å². The zero-order valence-corrected chi connectivity index (χ0v) is 10.3. The number of rotatable bonds is 5. The van der Waals surface area contributed by atoms with Crippen LogP contribution in [0.2, 0.25) is 0 Å². The van der Waals surface area contributed by atoms with Crippen molar-refractivity contribution in [3.05, 3.63) is 22.2 Å². The van der Waals surface area contributed by atoms with Gasteiger partial charge in [-0.25, -0.2) is 0 Å². The van der Waals surface area contributed by atoms with E-state index < -0.39 is 18.5 Å². The van der Waals surface area contributed by atoms with Crippen LogP contribution in [0, 0.1) is 0 Å². The van der Waals surface area contributed by atoms with Gasteiger partial charge in [-0.2, -0.15) is 0 Å². The minimum absolute atomic E-state index is 0.0832. The van der Waals surface area contributed by atoms with Gasteiger partial charge in [-0.15, -0.1) is 0 Å². The van der Waals surface area contributed by atoms with Crippen LogP contribution in [0.1, 0.15) is 10.4 Å². The monoisotopic (exact) mass is 302 g/mol. The Kier molecular flexibility index (Phi) is 4.33. The summed E-state index contributed by atoms with van der Waals surface area (Å²) in [6.45, 7) is -0.667. The lowest BCUT2D eigenvalue weighted by Crippen LogP contribution is -2.29. The predicted octanol–water partition coefficient (Wildman–Crippen LogP) is -1.05. The summed E-state index contributed by atoms with van der Waals surface area (Å²) >= 11 is 3.05. The first kappa shape index (κ1) is 13.3. The zero-order valence-electron chi connectivity index (χ0n) is 8.69. The highest BCUT2D eigenvalue weighted by atomic mass is 79.9. The molecule has 0 bridgehead atoms. The van der Waals surface area contributed by atoms with Crippen LogP contribution < -0.4 is 19.7 Å². The van der Waals surface area contributed by atoms with Gasteiger partial charge in [0.1, 0.15) is 6.61 Å². The Morgan fingerprint density at radius 1 is 1.35 bits per heavy atom. The Bertz CT molecular complexity index is 456. The van der Waals surface area contributed by atoms with Gasteiger partial charge in [0.25, 0.3) is 0 Å². The highest BCUT2D eigenvalue weighted by Crippen LogP contribution is 2.36. The number of methoxy groups -OCH3 is 1. The molecule has 1 aromatic carbocycles. The molecule has 0 saturated carbocycles. The molecule has 0 aliphatic carbocycles. The molecule has 0 heterocycles. The maximum atomic E-state index is 10.7. The number of hydrogen-bond acceptors (Lipinski definition) is 6. The number of hydrogen-bond donors (Lipinski definition) is 0. The van der Waals surface area contributed by atoms with Crippen LogP contribution in [-0.2, 0) is 4.79 Å². The van der Waals surface area contributed by atoms with Crippen molar-refractivity contribution in [3.8, 4) is 11.5 Å². The molecule has 0 unspecified atom stereocenters. The second-order valence-corrected chi connectivity index (χ2v) is 3.79. The first-order valence-corrected chi connectivity index (χ1v) is 5.16. The standard InChI is InChI=1S/C10H9BrO6/c1-16-7-3-5(10(14)15)2-6(11)9(7)17-4-8(12)13/h2-3H,4H2,1H3,(H,12,13)(H,14,15)/p-2. The zero-order chi connectivity index (χ0) is 13.0. The molecule has 0 spiro atoms. The van der Waals surface area contributed by atoms with Crippen molar-refractivity contribution in [1.82, 2.24) is 0 Å². The van der Waals surface area contributed by atoms with Gasteiger partial charge in [0.2, 0.25) is 0 Å². The minimum atomic E-state index is -1.40. The van der Waals surface area contributed by atoms with Crippen molar-refractivity contribution in [2.24, 2.45) is 0 Å². The lowest BCUT2D eigenvalue weighted by Gasteiger charge is -2.14. The molecule has 0 amide bonds. The molecule has 17 heavy (non-hydrogen) atoms. The number of carbonyl (C=O) groups excluding carboxylic acids is 2. The summed E-state index contributed by atoms with van der Waals surface area (Å²) in [5.74, 6) is -2.61. The average molecular weight is 303 g/mol. The number of ether oxygens (including phenoxy) is 2. The van der Waals surface area contributed by atoms with E-state index in [1.54, 1.807) is 0 Å². The topological polar surface area (TPSA) is 98.7 Å². The van der Waals surface area contributed by atoms with Gasteiger partial charge in [0.15, 0.2) is 11.5 Å². The first-order valence-electron chi connectivity index (χ1n) is 4.37. The van der Waals surface area contributed by atoms with Crippen molar-refractivity contribution >= 4 is 27.9 Å².